The second-order valence-electron chi connectivity index (χ2n) is 8.26. The van der Waals surface area contributed by atoms with Crippen molar-refractivity contribution in [1.82, 2.24) is 24.5 Å². The zero-order chi connectivity index (χ0) is 23.2. The summed E-state index contributed by atoms with van der Waals surface area (Å²) >= 11 is 0. The standard InChI is InChI=1S/C24H21FN6O3/c1-15-2-4-17(25)13-18(15)22(32)29-8-10-30(11-9-29)24-27-23-26-7-6-19(31(23)28-24)16-3-5-20-21(12-16)34-14-33-20/h2-7,12-13H,8-11,14H2,1H3. The van der Waals surface area contributed by atoms with E-state index in [1.807, 2.05) is 36.1 Å². The monoisotopic (exact) mass is 460 g/mol. The van der Waals surface area contributed by atoms with Gasteiger partial charge in [-0.15, -0.1) is 5.10 Å². The molecule has 1 saturated heterocycles. The van der Waals surface area contributed by atoms with Crippen molar-refractivity contribution in [3.05, 3.63) is 65.6 Å². The number of hydrogen-bond donors (Lipinski definition) is 0. The van der Waals surface area contributed by atoms with E-state index in [0.717, 1.165) is 16.8 Å². The number of carbonyl (C=O) groups excluding carboxylic acids is 1. The summed E-state index contributed by atoms with van der Waals surface area (Å²) in [4.78, 5) is 25.7. The number of aryl methyl sites for hydroxylation is 1. The Labute approximate surface area is 194 Å². The van der Waals surface area contributed by atoms with Crippen LogP contribution in [-0.4, -0.2) is 63.4 Å². The van der Waals surface area contributed by atoms with Gasteiger partial charge in [0.25, 0.3) is 11.7 Å². The summed E-state index contributed by atoms with van der Waals surface area (Å²) in [7, 11) is 0. The lowest BCUT2D eigenvalue weighted by atomic mass is 10.1. The molecule has 1 amide bonds. The second-order valence-corrected chi connectivity index (χ2v) is 8.26. The Morgan fingerprint density at radius 2 is 1.82 bits per heavy atom. The first kappa shape index (κ1) is 20.4. The number of piperazine rings is 1. The molecule has 0 bridgehead atoms. The average molecular weight is 460 g/mol. The van der Waals surface area contributed by atoms with Gasteiger partial charge < -0.3 is 19.3 Å². The van der Waals surface area contributed by atoms with Gasteiger partial charge in [0.05, 0.1) is 5.69 Å². The number of halogens is 1. The maximum absolute atomic E-state index is 13.7. The molecule has 0 N–H and O–H groups in total. The zero-order valence-electron chi connectivity index (χ0n) is 18.4. The molecule has 1 fully saturated rings. The van der Waals surface area contributed by atoms with Gasteiger partial charge in [0, 0.05) is 43.5 Å². The third-order valence-corrected chi connectivity index (χ3v) is 6.18. The molecule has 172 valence electrons. The van der Waals surface area contributed by atoms with Crippen molar-refractivity contribution in [2.24, 2.45) is 0 Å². The molecule has 0 radical (unpaired) electrons. The minimum absolute atomic E-state index is 0.161. The first-order valence-corrected chi connectivity index (χ1v) is 11.0. The smallest absolute Gasteiger partial charge is 0.254 e. The highest BCUT2D eigenvalue weighted by Gasteiger charge is 2.26. The molecule has 2 aliphatic heterocycles. The summed E-state index contributed by atoms with van der Waals surface area (Å²) in [5.41, 5.74) is 2.90. The van der Waals surface area contributed by atoms with E-state index in [1.165, 1.54) is 12.1 Å². The average Bonchev–Trinajstić information content (AvgIpc) is 3.51. The number of anilines is 1. The van der Waals surface area contributed by atoms with Gasteiger partial charge >= 0.3 is 0 Å². The molecule has 34 heavy (non-hydrogen) atoms. The number of ether oxygens (including phenoxy) is 2. The van der Waals surface area contributed by atoms with Crippen LogP contribution in [0.4, 0.5) is 10.3 Å². The van der Waals surface area contributed by atoms with Crippen LogP contribution in [0.1, 0.15) is 15.9 Å². The van der Waals surface area contributed by atoms with Crippen LogP contribution in [0.5, 0.6) is 11.5 Å². The maximum atomic E-state index is 13.7. The van der Waals surface area contributed by atoms with Gasteiger partial charge in [-0.05, 0) is 48.9 Å². The highest BCUT2D eigenvalue weighted by Crippen LogP contribution is 2.35. The molecule has 0 spiro atoms. The number of benzene rings is 2. The number of carbonyl (C=O) groups is 1. The third kappa shape index (κ3) is 3.47. The maximum Gasteiger partial charge on any atom is 0.254 e. The first-order valence-electron chi connectivity index (χ1n) is 11.0. The van der Waals surface area contributed by atoms with Crippen molar-refractivity contribution < 1.29 is 18.7 Å². The van der Waals surface area contributed by atoms with E-state index in [-0.39, 0.29) is 12.7 Å². The Morgan fingerprint density at radius 1 is 1.00 bits per heavy atom. The second kappa shape index (κ2) is 7.98. The summed E-state index contributed by atoms with van der Waals surface area (Å²) in [5, 5.41) is 4.70. The normalized spacial score (nSPS) is 15.2. The Morgan fingerprint density at radius 3 is 2.68 bits per heavy atom. The third-order valence-electron chi connectivity index (χ3n) is 6.18. The molecular formula is C24H21FN6O3. The van der Waals surface area contributed by atoms with Crippen molar-refractivity contribution in [3.8, 4) is 22.8 Å². The number of nitrogens with zero attached hydrogens (tertiary/aromatic N) is 6. The lowest BCUT2D eigenvalue weighted by Crippen LogP contribution is -2.49. The predicted molar refractivity (Wildman–Crippen MR) is 122 cm³/mol. The molecule has 0 aliphatic carbocycles. The minimum Gasteiger partial charge on any atom is -0.454 e. The summed E-state index contributed by atoms with van der Waals surface area (Å²) < 4.78 is 26.3. The van der Waals surface area contributed by atoms with E-state index < -0.39 is 5.82 Å². The summed E-state index contributed by atoms with van der Waals surface area (Å²) in [6.07, 6.45) is 1.70. The Bertz CT molecular complexity index is 1410. The predicted octanol–water partition coefficient (Wildman–Crippen LogP) is 2.93. The molecule has 4 aromatic rings. The number of hydrogen-bond acceptors (Lipinski definition) is 7. The SMILES string of the molecule is Cc1ccc(F)cc1C(=O)N1CCN(c2nc3nccc(-c4ccc5c(c4)OCO5)n3n2)CC1. The fourth-order valence-electron chi connectivity index (χ4n) is 4.30. The lowest BCUT2D eigenvalue weighted by Gasteiger charge is -2.34. The van der Waals surface area contributed by atoms with Crippen LogP contribution in [0, 0.1) is 12.7 Å². The van der Waals surface area contributed by atoms with E-state index in [4.69, 9.17) is 14.6 Å². The first-order chi connectivity index (χ1) is 16.6. The van der Waals surface area contributed by atoms with E-state index in [2.05, 4.69) is 9.97 Å². The van der Waals surface area contributed by atoms with Crippen LogP contribution in [0.15, 0.2) is 48.7 Å². The fraction of sp³-hybridized carbons (Fsp3) is 0.250. The molecule has 9 nitrogen and oxygen atoms in total. The van der Waals surface area contributed by atoms with Crippen molar-refractivity contribution in [2.45, 2.75) is 6.92 Å². The topological polar surface area (TPSA) is 85.1 Å². The van der Waals surface area contributed by atoms with E-state index >= 15 is 0 Å². The zero-order valence-corrected chi connectivity index (χ0v) is 18.4. The van der Waals surface area contributed by atoms with Gasteiger partial charge in [0.2, 0.25) is 12.7 Å². The van der Waals surface area contributed by atoms with Gasteiger partial charge in [-0.3, -0.25) is 4.79 Å². The van der Waals surface area contributed by atoms with Crippen LogP contribution in [0.3, 0.4) is 0 Å². The van der Waals surface area contributed by atoms with Crippen molar-refractivity contribution in [2.75, 3.05) is 37.9 Å². The van der Waals surface area contributed by atoms with Crippen molar-refractivity contribution >= 4 is 17.6 Å². The Balaban J connectivity index is 1.22. The van der Waals surface area contributed by atoms with Crippen LogP contribution in [-0.2, 0) is 0 Å². The van der Waals surface area contributed by atoms with Crippen LogP contribution in [0.25, 0.3) is 17.0 Å². The molecular weight excluding hydrogens is 439 g/mol. The Kier molecular flexibility index (Phi) is 4.79. The molecule has 2 aromatic heterocycles. The molecule has 0 atom stereocenters. The van der Waals surface area contributed by atoms with Gasteiger partial charge in [-0.1, -0.05) is 6.07 Å². The van der Waals surface area contributed by atoms with E-state index in [0.29, 0.717) is 55.0 Å². The number of amides is 1. The summed E-state index contributed by atoms with van der Waals surface area (Å²) in [5.74, 6) is 1.87. The van der Waals surface area contributed by atoms with Crippen LogP contribution >= 0.6 is 0 Å². The Hall–Kier alpha value is -4.21. The molecule has 2 aliphatic rings. The number of rotatable bonds is 3. The van der Waals surface area contributed by atoms with Crippen LogP contribution in [0.2, 0.25) is 0 Å². The van der Waals surface area contributed by atoms with Gasteiger partial charge in [0.1, 0.15) is 5.82 Å². The van der Waals surface area contributed by atoms with Gasteiger partial charge in [-0.25, -0.2) is 9.37 Å². The van der Waals surface area contributed by atoms with Gasteiger partial charge in [-0.2, -0.15) is 9.50 Å². The molecule has 0 saturated carbocycles. The molecule has 0 unspecified atom stereocenters. The molecule has 4 heterocycles. The molecule has 10 heteroatoms. The van der Waals surface area contributed by atoms with Crippen LogP contribution < -0.4 is 14.4 Å². The largest absolute Gasteiger partial charge is 0.454 e. The van der Waals surface area contributed by atoms with Crippen molar-refractivity contribution in [1.29, 1.82) is 0 Å². The van der Waals surface area contributed by atoms with E-state index in [9.17, 15) is 9.18 Å². The fourth-order valence-corrected chi connectivity index (χ4v) is 4.30. The van der Waals surface area contributed by atoms with E-state index in [1.54, 1.807) is 21.7 Å². The summed E-state index contributed by atoms with van der Waals surface area (Å²) in [6.45, 7) is 4.14. The minimum atomic E-state index is -0.410. The quantitative estimate of drug-likeness (QED) is 0.465. The highest BCUT2D eigenvalue weighted by atomic mass is 19.1. The number of aromatic nitrogens is 4. The van der Waals surface area contributed by atoms with Crippen molar-refractivity contribution in [3.63, 3.8) is 0 Å². The molecule has 2 aromatic carbocycles. The number of fused-ring (bicyclic) bond motifs is 2. The molecule has 6 rings (SSSR count). The van der Waals surface area contributed by atoms with Gasteiger partial charge in [0.15, 0.2) is 11.5 Å². The lowest BCUT2D eigenvalue weighted by molar-refractivity contribution is 0.0745. The highest BCUT2D eigenvalue weighted by molar-refractivity contribution is 5.95. The summed E-state index contributed by atoms with van der Waals surface area (Å²) in [6, 6.07) is 11.9.